The van der Waals surface area contributed by atoms with Gasteiger partial charge >= 0.3 is 6.01 Å². The van der Waals surface area contributed by atoms with E-state index in [1.807, 2.05) is 13.0 Å². The Bertz CT molecular complexity index is 644. The summed E-state index contributed by atoms with van der Waals surface area (Å²) in [5.41, 5.74) is 2.06. The molecular formula is C15H21N5OS. The number of anilines is 2. The van der Waals surface area contributed by atoms with Gasteiger partial charge in [0, 0.05) is 42.8 Å². The molecule has 7 heteroatoms. The number of aromatic nitrogens is 3. The average molecular weight is 319 g/mol. The van der Waals surface area contributed by atoms with Crippen molar-refractivity contribution in [1.82, 2.24) is 15.0 Å². The summed E-state index contributed by atoms with van der Waals surface area (Å²) in [6, 6.07) is 2.44. The van der Waals surface area contributed by atoms with Gasteiger partial charge in [-0.15, -0.1) is 11.3 Å². The summed E-state index contributed by atoms with van der Waals surface area (Å²) in [7, 11) is 1.60. The number of aryl methyl sites for hydroxylation is 3. The Kier molecular flexibility index (Phi) is 4.15. The van der Waals surface area contributed by atoms with E-state index in [2.05, 4.69) is 38.6 Å². The monoisotopic (exact) mass is 319 g/mol. The van der Waals surface area contributed by atoms with Crippen molar-refractivity contribution in [3.05, 3.63) is 22.3 Å². The van der Waals surface area contributed by atoms with Crippen LogP contribution in [-0.2, 0) is 0 Å². The lowest BCUT2D eigenvalue weighted by Gasteiger charge is -2.35. The zero-order chi connectivity index (χ0) is 15.7. The molecule has 2 aromatic heterocycles. The first-order valence-corrected chi connectivity index (χ1v) is 8.22. The molecule has 2 aromatic rings. The zero-order valence-electron chi connectivity index (χ0n) is 13.5. The normalized spacial score (nSPS) is 15.3. The molecule has 0 unspecified atom stereocenters. The number of hydrogen-bond acceptors (Lipinski definition) is 7. The summed E-state index contributed by atoms with van der Waals surface area (Å²) in [4.78, 5) is 19.3. The summed E-state index contributed by atoms with van der Waals surface area (Å²) >= 11 is 1.78. The van der Waals surface area contributed by atoms with E-state index in [0.717, 1.165) is 48.5 Å². The highest BCUT2D eigenvalue weighted by molar-refractivity contribution is 7.15. The highest BCUT2D eigenvalue weighted by atomic mass is 32.1. The second kappa shape index (κ2) is 6.08. The van der Waals surface area contributed by atoms with E-state index in [1.54, 1.807) is 18.4 Å². The molecule has 1 aliphatic heterocycles. The molecular weight excluding hydrogens is 298 g/mol. The van der Waals surface area contributed by atoms with Gasteiger partial charge in [0.05, 0.1) is 12.8 Å². The molecule has 1 fully saturated rings. The maximum Gasteiger partial charge on any atom is 0.318 e. The third-order valence-corrected chi connectivity index (χ3v) is 5.03. The Morgan fingerprint density at radius 2 is 1.68 bits per heavy atom. The largest absolute Gasteiger partial charge is 0.467 e. The minimum atomic E-state index is 0.434. The molecule has 0 spiro atoms. The molecule has 3 rings (SSSR count). The molecule has 0 atom stereocenters. The van der Waals surface area contributed by atoms with Crippen molar-refractivity contribution in [2.45, 2.75) is 20.8 Å². The standard InChI is InChI=1S/C15H21N5OS/c1-10-9-13(18-14(16-10)21-4)19-5-7-20(8-6-19)15-17-11(2)12(3)22-15/h9H,5-8H2,1-4H3. The first-order chi connectivity index (χ1) is 10.6. The van der Waals surface area contributed by atoms with Crippen molar-refractivity contribution in [2.24, 2.45) is 0 Å². The lowest BCUT2D eigenvalue weighted by atomic mass is 10.3. The van der Waals surface area contributed by atoms with E-state index >= 15 is 0 Å². The van der Waals surface area contributed by atoms with Gasteiger partial charge in [-0.3, -0.25) is 0 Å². The number of hydrogen-bond donors (Lipinski definition) is 0. The smallest absolute Gasteiger partial charge is 0.318 e. The Balaban J connectivity index is 1.70. The van der Waals surface area contributed by atoms with Gasteiger partial charge < -0.3 is 14.5 Å². The van der Waals surface area contributed by atoms with Crippen LogP contribution in [0.3, 0.4) is 0 Å². The van der Waals surface area contributed by atoms with Crippen molar-refractivity contribution >= 4 is 22.3 Å². The minimum Gasteiger partial charge on any atom is -0.467 e. The van der Waals surface area contributed by atoms with Gasteiger partial charge in [0.2, 0.25) is 0 Å². The molecule has 1 saturated heterocycles. The van der Waals surface area contributed by atoms with E-state index in [1.165, 1.54) is 4.88 Å². The highest BCUT2D eigenvalue weighted by Crippen LogP contribution is 2.27. The van der Waals surface area contributed by atoms with E-state index in [0.29, 0.717) is 6.01 Å². The fourth-order valence-electron chi connectivity index (χ4n) is 2.50. The number of ether oxygens (including phenoxy) is 1. The third kappa shape index (κ3) is 2.99. The summed E-state index contributed by atoms with van der Waals surface area (Å²) in [5, 5.41) is 1.13. The van der Waals surface area contributed by atoms with Gasteiger partial charge in [-0.2, -0.15) is 4.98 Å². The molecule has 0 amide bonds. The quantitative estimate of drug-likeness (QED) is 0.864. The van der Waals surface area contributed by atoms with E-state index < -0.39 is 0 Å². The van der Waals surface area contributed by atoms with E-state index in [9.17, 15) is 0 Å². The summed E-state index contributed by atoms with van der Waals surface area (Å²) in [6.07, 6.45) is 0. The lowest BCUT2D eigenvalue weighted by Crippen LogP contribution is -2.46. The van der Waals surface area contributed by atoms with Crippen LogP contribution < -0.4 is 14.5 Å². The number of thiazole rings is 1. The molecule has 0 saturated carbocycles. The van der Waals surface area contributed by atoms with Gasteiger partial charge in [0.25, 0.3) is 0 Å². The topological polar surface area (TPSA) is 54.4 Å². The molecule has 0 radical (unpaired) electrons. The molecule has 1 aliphatic rings. The van der Waals surface area contributed by atoms with Crippen LogP contribution in [0.4, 0.5) is 10.9 Å². The average Bonchev–Trinajstić information content (AvgIpc) is 2.86. The molecule has 22 heavy (non-hydrogen) atoms. The maximum atomic E-state index is 5.17. The number of rotatable bonds is 3. The van der Waals surface area contributed by atoms with Crippen LogP contribution in [0.2, 0.25) is 0 Å². The highest BCUT2D eigenvalue weighted by Gasteiger charge is 2.21. The van der Waals surface area contributed by atoms with Crippen molar-refractivity contribution < 1.29 is 4.74 Å². The minimum absolute atomic E-state index is 0.434. The van der Waals surface area contributed by atoms with Gasteiger partial charge in [-0.1, -0.05) is 0 Å². The molecule has 118 valence electrons. The van der Waals surface area contributed by atoms with Crippen LogP contribution in [0.15, 0.2) is 6.07 Å². The van der Waals surface area contributed by atoms with Crippen molar-refractivity contribution in [3.63, 3.8) is 0 Å². The van der Waals surface area contributed by atoms with Crippen molar-refractivity contribution in [1.29, 1.82) is 0 Å². The molecule has 0 aliphatic carbocycles. The lowest BCUT2D eigenvalue weighted by molar-refractivity contribution is 0.378. The fourth-order valence-corrected chi connectivity index (χ4v) is 3.46. The van der Waals surface area contributed by atoms with Crippen LogP contribution >= 0.6 is 11.3 Å². The van der Waals surface area contributed by atoms with Gasteiger partial charge in [-0.25, -0.2) is 9.97 Å². The van der Waals surface area contributed by atoms with Gasteiger partial charge in [-0.05, 0) is 20.8 Å². The second-order valence-electron chi connectivity index (χ2n) is 5.47. The molecule has 6 nitrogen and oxygen atoms in total. The van der Waals surface area contributed by atoms with Crippen LogP contribution in [0.1, 0.15) is 16.3 Å². The summed E-state index contributed by atoms with van der Waals surface area (Å²) in [5.74, 6) is 0.940. The Hall–Kier alpha value is -1.89. The predicted octanol–water partition coefficient (Wildman–Crippen LogP) is 2.19. The molecule has 0 aromatic carbocycles. The first-order valence-electron chi connectivity index (χ1n) is 7.40. The maximum absolute atomic E-state index is 5.17. The Morgan fingerprint density at radius 3 is 2.27 bits per heavy atom. The first kappa shape index (κ1) is 15.0. The van der Waals surface area contributed by atoms with E-state index in [-0.39, 0.29) is 0 Å². The van der Waals surface area contributed by atoms with Crippen LogP contribution in [-0.4, -0.2) is 48.2 Å². The summed E-state index contributed by atoms with van der Waals surface area (Å²) in [6.45, 7) is 9.93. The van der Waals surface area contributed by atoms with Crippen LogP contribution in [0.25, 0.3) is 0 Å². The SMILES string of the molecule is COc1nc(C)cc(N2CCN(c3nc(C)c(C)s3)CC2)n1. The van der Waals surface area contributed by atoms with Crippen LogP contribution in [0.5, 0.6) is 6.01 Å². The zero-order valence-corrected chi connectivity index (χ0v) is 14.3. The van der Waals surface area contributed by atoms with Crippen molar-refractivity contribution in [3.8, 4) is 6.01 Å². The summed E-state index contributed by atoms with van der Waals surface area (Å²) < 4.78 is 5.17. The molecule has 0 bridgehead atoms. The fraction of sp³-hybridized carbons (Fsp3) is 0.533. The third-order valence-electron chi connectivity index (χ3n) is 3.89. The Morgan fingerprint density at radius 1 is 1.00 bits per heavy atom. The number of nitrogens with zero attached hydrogens (tertiary/aromatic N) is 5. The van der Waals surface area contributed by atoms with Crippen molar-refractivity contribution in [2.75, 3.05) is 43.1 Å². The number of methoxy groups -OCH3 is 1. The number of piperazine rings is 1. The van der Waals surface area contributed by atoms with Gasteiger partial charge in [0.15, 0.2) is 5.13 Å². The Labute approximate surface area is 134 Å². The predicted molar refractivity (Wildman–Crippen MR) is 89.3 cm³/mol. The van der Waals surface area contributed by atoms with Crippen LogP contribution in [0, 0.1) is 20.8 Å². The van der Waals surface area contributed by atoms with E-state index in [4.69, 9.17) is 4.74 Å². The second-order valence-corrected chi connectivity index (χ2v) is 6.65. The molecule has 3 heterocycles. The van der Waals surface area contributed by atoms with Gasteiger partial charge in [0.1, 0.15) is 5.82 Å². The molecule has 0 N–H and O–H groups in total.